The van der Waals surface area contributed by atoms with Crippen molar-refractivity contribution in [3.63, 3.8) is 0 Å². The van der Waals surface area contributed by atoms with Gasteiger partial charge in [-0.15, -0.1) is 0 Å². The molecule has 1 unspecified atom stereocenters. The highest BCUT2D eigenvalue weighted by Crippen LogP contribution is 2.15. The first-order chi connectivity index (χ1) is 10.2. The highest BCUT2D eigenvalue weighted by molar-refractivity contribution is 5.23. The van der Waals surface area contributed by atoms with Gasteiger partial charge in [-0.3, -0.25) is 0 Å². The Labute approximate surface area is 129 Å². The lowest BCUT2D eigenvalue weighted by atomic mass is 10.0. The molecule has 4 heteroatoms. The van der Waals surface area contributed by atoms with Gasteiger partial charge in [0.2, 0.25) is 0 Å². The first-order valence-electron chi connectivity index (χ1n) is 7.69. The predicted octanol–water partition coefficient (Wildman–Crippen LogP) is 2.37. The lowest BCUT2D eigenvalue weighted by molar-refractivity contribution is 0.131. The van der Waals surface area contributed by atoms with Crippen molar-refractivity contribution in [2.45, 2.75) is 25.8 Å². The van der Waals surface area contributed by atoms with Crippen LogP contribution in [0, 0.1) is 6.92 Å². The third-order valence-corrected chi connectivity index (χ3v) is 3.70. The first-order valence-corrected chi connectivity index (χ1v) is 7.69. The van der Waals surface area contributed by atoms with Crippen LogP contribution in [0.2, 0.25) is 0 Å². The summed E-state index contributed by atoms with van der Waals surface area (Å²) in [5, 5.41) is 0. The summed E-state index contributed by atoms with van der Waals surface area (Å²) in [4.78, 5) is 2.40. The Morgan fingerprint density at radius 2 is 1.67 bits per heavy atom. The van der Waals surface area contributed by atoms with Gasteiger partial charge in [-0.1, -0.05) is 29.8 Å². The molecule has 0 bridgehead atoms. The molecule has 0 saturated heterocycles. The fourth-order valence-corrected chi connectivity index (χ4v) is 2.29. The Morgan fingerprint density at radius 3 is 2.29 bits per heavy atom. The average molecular weight is 294 g/mol. The standard InChI is InChI=1S/C17H30N2O2/c1-15-5-7-16(8-6-15)17(18)9-11-19(12-14-21-3)10-4-13-20-2/h5-8,17H,4,9-14,18H2,1-3H3. The number of hydrogen-bond acceptors (Lipinski definition) is 4. The average Bonchev–Trinajstić information content (AvgIpc) is 2.50. The monoisotopic (exact) mass is 294 g/mol. The van der Waals surface area contributed by atoms with Crippen LogP contribution >= 0.6 is 0 Å². The van der Waals surface area contributed by atoms with E-state index in [1.165, 1.54) is 11.1 Å². The molecule has 2 N–H and O–H groups in total. The molecule has 0 aliphatic rings. The Hall–Kier alpha value is -0.940. The zero-order valence-electron chi connectivity index (χ0n) is 13.7. The molecule has 21 heavy (non-hydrogen) atoms. The van der Waals surface area contributed by atoms with Crippen molar-refractivity contribution in [2.24, 2.45) is 5.73 Å². The summed E-state index contributed by atoms with van der Waals surface area (Å²) in [5.41, 5.74) is 8.78. The van der Waals surface area contributed by atoms with Crippen molar-refractivity contribution in [3.05, 3.63) is 35.4 Å². The third-order valence-electron chi connectivity index (χ3n) is 3.70. The van der Waals surface area contributed by atoms with Gasteiger partial charge in [0.1, 0.15) is 0 Å². The lowest BCUT2D eigenvalue weighted by Crippen LogP contribution is -2.32. The number of nitrogens with zero attached hydrogens (tertiary/aromatic N) is 1. The molecular weight excluding hydrogens is 264 g/mol. The Kier molecular flexibility index (Phi) is 9.26. The van der Waals surface area contributed by atoms with E-state index in [-0.39, 0.29) is 6.04 Å². The molecule has 1 aromatic carbocycles. The van der Waals surface area contributed by atoms with Gasteiger partial charge in [-0.25, -0.2) is 0 Å². The van der Waals surface area contributed by atoms with Gasteiger partial charge in [0.15, 0.2) is 0 Å². The highest BCUT2D eigenvalue weighted by atomic mass is 16.5. The summed E-state index contributed by atoms with van der Waals surface area (Å²) in [6.45, 7) is 6.61. The maximum absolute atomic E-state index is 6.29. The number of nitrogens with two attached hydrogens (primary N) is 1. The fraction of sp³-hybridized carbons (Fsp3) is 0.647. The van der Waals surface area contributed by atoms with E-state index in [1.807, 2.05) is 0 Å². The normalized spacial score (nSPS) is 12.8. The van der Waals surface area contributed by atoms with E-state index < -0.39 is 0 Å². The van der Waals surface area contributed by atoms with E-state index in [0.717, 1.165) is 45.7 Å². The molecule has 0 aliphatic carbocycles. The van der Waals surface area contributed by atoms with E-state index >= 15 is 0 Å². The van der Waals surface area contributed by atoms with Gasteiger partial charge in [0.25, 0.3) is 0 Å². The van der Waals surface area contributed by atoms with E-state index in [0.29, 0.717) is 0 Å². The minimum absolute atomic E-state index is 0.0954. The molecule has 0 fully saturated rings. The van der Waals surface area contributed by atoms with E-state index in [2.05, 4.69) is 36.1 Å². The van der Waals surface area contributed by atoms with Gasteiger partial charge < -0.3 is 20.1 Å². The molecule has 0 aromatic heterocycles. The molecule has 120 valence electrons. The number of ether oxygens (including phenoxy) is 2. The lowest BCUT2D eigenvalue weighted by Gasteiger charge is -2.23. The Morgan fingerprint density at radius 1 is 1.00 bits per heavy atom. The van der Waals surface area contributed by atoms with E-state index in [1.54, 1.807) is 14.2 Å². The number of methoxy groups -OCH3 is 2. The smallest absolute Gasteiger partial charge is 0.0589 e. The van der Waals surface area contributed by atoms with Crippen LogP contribution in [0.1, 0.15) is 30.0 Å². The SMILES string of the molecule is COCCCN(CCOC)CCC(N)c1ccc(C)cc1. The second kappa shape index (κ2) is 10.7. The van der Waals surface area contributed by atoms with Crippen LogP contribution in [0.4, 0.5) is 0 Å². The van der Waals surface area contributed by atoms with Gasteiger partial charge >= 0.3 is 0 Å². The molecule has 0 radical (unpaired) electrons. The second-order valence-corrected chi connectivity index (χ2v) is 5.49. The maximum Gasteiger partial charge on any atom is 0.0589 e. The number of aryl methyl sites for hydroxylation is 1. The van der Waals surface area contributed by atoms with Gasteiger partial charge in [-0.2, -0.15) is 0 Å². The number of hydrogen-bond donors (Lipinski definition) is 1. The molecule has 0 amide bonds. The van der Waals surface area contributed by atoms with Gasteiger partial charge in [-0.05, 0) is 25.3 Å². The summed E-state index contributed by atoms with van der Waals surface area (Å²) in [5.74, 6) is 0. The quantitative estimate of drug-likeness (QED) is 0.637. The predicted molar refractivity (Wildman–Crippen MR) is 87.5 cm³/mol. The fourth-order valence-electron chi connectivity index (χ4n) is 2.29. The third kappa shape index (κ3) is 7.58. The van der Waals surface area contributed by atoms with Crippen molar-refractivity contribution in [3.8, 4) is 0 Å². The van der Waals surface area contributed by atoms with Crippen molar-refractivity contribution in [1.29, 1.82) is 0 Å². The summed E-state index contributed by atoms with van der Waals surface area (Å²) >= 11 is 0. The molecule has 0 spiro atoms. The van der Waals surface area contributed by atoms with E-state index in [9.17, 15) is 0 Å². The van der Waals surface area contributed by atoms with Crippen molar-refractivity contribution in [1.82, 2.24) is 4.90 Å². The van der Waals surface area contributed by atoms with Gasteiger partial charge in [0.05, 0.1) is 6.61 Å². The van der Waals surface area contributed by atoms with Crippen LogP contribution in [0.25, 0.3) is 0 Å². The number of benzene rings is 1. The molecule has 1 rings (SSSR count). The number of rotatable bonds is 11. The van der Waals surface area contributed by atoms with Gasteiger partial charge in [0, 0.05) is 46.5 Å². The molecule has 0 heterocycles. The summed E-state index contributed by atoms with van der Waals surface area (Å²) in [6.07, 6.45) is 2.00. The molecule has 4 nitrogen and oxygen atoms in total. The topological polar surface area (TPSA) is 47.7 Å². The minimum Gasteiger partial charge on any atom is -0.385 e. The summed E-state index contributed by atoms with van der Waals surface area (Å²) in [6, 6.07) is 8.60. The van der Waals surface area contributed by atoms with Crippen LogP contribution in [-0.2, 0) is 9.47 Å². The van der Waals surface area contributed by atoms with Crippen molar-refractivity contribution >= 4 is 0 Å². The molecule has 0 aliphatic heterocycles. The van der Waals surface area contributed by atoms with Crippen LogP contribution in [-0.4, -0.2) is 52.0 Å². The molecule has 1 aromatic rings. The second-order valence-electron chi connectivity index (χ2n) is 5.49. The molecular formula is C17H30N2O2. The van der Waals surface area contributed by atoms with Crippen molar-refractivity contribution in [2.75, 3.05) is 47.1 Å². The van der Waals surface area contributed by atoms with Crippen LogP contribution in [0.5, 0.6) is 0 Å². The molecule has 1 atom stereocenters. The highest BCUT2D eigenvalue weighted by Gasteiger charge is 2.10. The van der Waals surface area contributed by atoms with Crippen LogP contribution < -0.4 is 5.73 Å². The largest absolute Gasteiger partial charge is 0.385 e. The first kappa shape index (κ1) is 18.1. The Bertz CT molecular complexity index is 368. The molecule has 0 saturated carbocycles. The Balaban J connectivity index is 2.40. The maximum atomic E-state index is 6.29. The summed E-state index contributed by atoms with van der Waals surface area (Å²) in [7, 11) is 3.48. The minimum atomic E-state index is 0.0954. The van der Waals surface area contributed by atoms with E-state index in [4.69, 9.17) is 15.2 Å². The van der Waals surface area contributed by atoms with Crippen molar-refractivity contribution < 1.29 is 9.47 Å². The zero-order chi connectivity index (χ0) is 15.5. The van der Waals surface area contributed by atoms with Crippen LogP contribution in [0.15, 0.2) is 24.3 Å². The zero-order valence-corrected chi connectivity index (χ0v) is 13.7. The van der Waals surface area contributed by atoms with Crippen LogP contribution in [0.3, 0.4) is 0 Å². The summed E-state index contributed by atoms with van der Waals surface area (Å²) < 4.78 is 10.3.